The van der Waals surface area contributed by atoms with E-state index in [4.69, 9.17) is 16.3 Å². The zero-order valence-corrected chi connectivity index (χ0v) is 24.1. The van der Waals surface area contributed by atoms with E-state index in [-0.39, 0.29) is 18.5 Å². The van der Waals surface area contributed by atoms with Gasteiger partial charge in [0.2, 0.25) is 5.91 Å². The van der Waals surface area contributed by atoms with Gasteiger partial charge >= 0.3 is 6.09 Å². The first-order valence-electron chi connectivity index (χ1n) is 13.7. The second kappa shape index (κ2) is 12.1. The van der Waals surface area contributed by atoms with Crippen LogP contribution in [0.3, 0.4) is 0 Å². The maximum absolute atomic E-state index is 14.0. The van der Waals surface area contributed by atoms with E-state index in [1.807, 2.05) is 73.6 Å². The zero-order valence-electron chi connectivity index (χ0n) is 23.4. The number of hydrogen-bond donors (Lipinski definition) is 2. The Labute approximate surface area is 244 Å². The predicted octanol–water partition coefficient (Wildman–Crippen LogP) is 5.71. The number of fused-ring (bicyclic) bond motifs is 1. The predicted molar refractivity (Wildman–Crippen MR) is 161 cm³/mol. The van der Waals surface area contributed by atoms with Crippen molar-refractivity contribution in [2.75, 3.05) is 44.7 Å². The van der Waals surface area contributed by atoms with Crippen molar-refractivity contribution < 1.29 is 19.4 Å². The molecule has 0 aliphatic carbocycles. The summed E-state index contributed by atoms with van der Waals surface area (Å²) in [6, 6.07) is 16.8. The molecule has 1 atom stereocenters. The van der Waals surface area contributed by atoms with E-state index < -0.39 is 12.0 Å². The molecule has 0 spiro atoms. The number of ether oxygens (including phenoxy) is 1. The molecule has 214 valence electrons. The second-order valence-electron chi connectivity index (χ2n) is 10.4. The van der Waals surface area contributed by atoms with Crippen molar-refractivity contribution in [2.45, 2.75) is 25.8 Å². The van der Waals surface area contributed by atoms with Gasteiger partial charge in [0.25, 0.3) is 0 Å². The van der Waals surface area contributed by atoms with Gasteiger partial charge in [-0.3, -0.25) is 4.79 Å². The fourth-order valence-corrected chi connectivity index (χ4v) is 5.56. The van der Waals surface area contributed by atoms with Crippen LogP contribution in [0.15, 0.2) is 67.0 Å². The van der Waals surface area contributed by atoms with Crippen LogP contribution in [0.25, 0.3) is 22.2 Å². The van der Waals surface area contributed by atoms with Crippen molar-refractivity contribution >= 4 is 40.3 Å². The van der Waals surface area contributed by atoms with Gasteiger partial charge in [0.05, 0.1) is 18.7 Å². The molecule has 0 saturated carbocycles. The van der Waals surface area contributed by atoms with Gasteiger partial charge in [-0.2, -0.15) is 0 Å². The van der Waals surface area contributed by atoms with Gasteiger partial charge in [-0.15, -0.1) is 0 Å². The van der Waals surface area contributed by atoms with Crippen LogP contribution >= 0.6 is 11.6 Å². The molecule has 1 aliphatic heterocycles. The number of hydrogen-bond acceptors (Lipinski definition) is 5. The van der Waals surface area contributed by atoms with Gasteiger partial charge in [0, 0.05) is 67.1 Å². The number of carbonyl (C=O) groups is 2. The number of methoxy groups -OCH3 is 1. The number of aromatic amines is 1. The highest BCUT2D eigenvalue weighted by Gasteiger charge is 2.33. The molecule has 1 fully saturated rings. The minimum Gasteiger partial charge on any atom is -0.497 e. The molecule has 3 heterocycles. The van der Waals surface area contributed by atoms with Gasteiger partial charge in [-0.25, -0.2) is 9.78 Å². The average Bonchev–Trinajstić information content (AvgIpc) is 3.46. The highest BCUT2D eigenvalue weighted by Crippen LogP contribution is 2.38. The lowest BCUT2D eigenvalue weighted by Crippen LogP contribution is -2.52. The zero-order chi connectivity index (χ0) is 29.1. The van der Waals surface area contributed by atoms with E-state index >= 15 is 0 Å². The molecule has 10 heteroatoms. The molecule has 0 radical (unpaired) electrons. The first kappa shape index (κ1) is 28.3. The summed E-state index contributed by atoms with van der Waals surface area (Å²) in [7, 11) is 1.65. The Morgan fingerprint density at radius 3 is 2.49 bits per heavy atom. The number of nitrogens with one attached hydrogen (secondary N) is 1. The number of rotatable bonds is 8. The third-order valence-electron chi connectivity index (χ3n) is 7.67. The monoisotopic (exact) mass is 575 g/mol. The van der Waals surface area contributed by atoms with Crippen LogP contribution in [0.1, 0.15) is 25.3 Å². The van der Waals surface area contributed by atoms with Crippen molar-refractivity contribution in [3.63, 3.8) is 0 Å². The topological polar surface area (TPSA) is 102 Å². The highest BCUT2D eigenvalue weighted by molar-refractivity contribution is 6.30. The number of anilines is 1. The molecule has 1 unspecified atom stereocenters. The lowest BCUT2D eigenvalue weighted by Gasteiger charge is -2.39. The summed E-state index contributed by atoms with van der Waals surface area (Å²) < 4.78 is 5.46. The second-order valence-corrected chi connectivity index (χ2v) is 10.9. The molecule has 0 bridgehead atoms. The van der Waals surface area contributed by atoms with Crippen LogP contribution < -0.4 is 9.64 Å². The number of benzene rings is 2. The molecule has 5 rings (SSSR count). The lowest BCUT2D eigenvalue weighted by molar-refractivity contribution is -0.133. The summed E-state index contributed by atoms with van der Waals surface area (Å²) in [5.74, 6) is 0.0402. The molecular formula is C31H34ClN5O4. The quantitative estimate of drug-likeness (QED) is 0.279. The Balaban J connectivity index is 1.41. The first-order chi connectivity index (χ1) is 19.8. The Hall–Kier alpha value is -4.24. The number of carboxylic acid groups (broad SMARTS) is 1. The van der Waals surface area contributed by atoms with E-state index in [2.05, 4.69) is 14.9 Å². The van der Waals surface area contributed by atoms with E-state index in [1.165, 1.54) is 4.90 Å². The van der Waals surface area contributed by atoms with Crippen molar-refractivity contribution in [3.8, 4) is 16.9 Å². The van der Waals surface area contributed by atoms with Crippen molar-refractivity contribution in [2.24, 2.45) is 0 Å². The maximum Gasteiger partial charge on any atom is 0.407 e. The molecule has 1 saturated heterocycles. The van der Waals surface area contributed by atoms with Crippen molar-refractivity contribution in [1.29, 1.82) is 0 Å². The summed E-state index contributed by atoms with van der Waals surface area (Å²) in [4.78, 5) is 39.3. The third kappa shape index (κ3) is 5.95. The summed E-state index contributed by atoms with van der Waals surface area (Å²) in [6.45, 7) is 5.94. The van der Waals surface area contributed by atoms with Crippen LogP contribution in [-0.2, 0) is 4.79 Å². The Kier molecular flexibility index (Phi) is 8.35. The van der Waals surface area contributed by atoms with E-state index in [9.17, 15) is 14.7 Å². The summed E-state index contributed by atoms with van der Waals surface area (Å²) >= 11 is 6.11. The summed E-state index contributed by atoms with van der Waals surface area (Å²) in [5.41, 5.74) is 4.60. The van der Waals surface area contributed by atoms with Gasteiger partial charge in [-0.05, 0) is 55.3 Å². The van der Waals surface area contributed by atoms with Crippen LogP contribution in [0.2, 0.25) is 5.02 Å². The van der Waals surface area contributed by atoms with E-state index in [0.717, 1.165) is 39.2 Å². The minimum absolute atomic E-state index is 0.0714. The number of carbonyl (C=O) groups excluding carboxylic acids is 1. The van der Waals surface area contributed by atoms with Crippen molar-refractivity contribution in [1.82, 2.24) is 19.8 Å². The number of halogens is 1. The van der Waals surface area contributed by atoms with Gasteiger partial charge in [-0.1, -0.05) is 35.9 Å². The Bertz CT molecular complexity index is 1530. The van der Waals surface area contributed by atoms with Crippen LogP contribution in [0, 0.1) is 0 Å². The molecule has 1 aliphatic rings. The average molecular weight is 576 g/mol. The molecule has 2 N–H and O–H groups in total. The number of nitrogens with zero attached hydrogens (tertiary/aromatic N) is 4. The van der Waals surface area contributed by atoms with Gasteiger partial charge < -0.3 is 29.5 Å². The molecule has 9 nitrogen and oxygen atoms in total. The fraction of sp³-hybridized carbons (Fsp3) is 0.323. The lowest BCUT2D eigenvalue weighted by atomic mass is 9.95. The minimum atomic E-state index is -1.05. The van der Waals surface area contributed by atoms with Gasteiger partial charge in [0.15, 0.2) is 0 Å². The van der Waals surface area contributed by atoms with Crippen LogP contribution in [-0.4, -0.2) is 82.8 Å². The van der Waals surface area contributed by atoms with Gasteiger partial charge in [0.1, 0.15) is 11.4 Å². The SMILES string of the molecule is COc1cccc(-c2cnc3[nH]ccc3c2N2CCN(C(=O)C(CN(C(=O)O)C(C)C)c3ccc(Cl)cc3)CC2)c1. The summed E-state index contributed by atoms with van der Waals surface area (Å²) in [6.07, 6.45) is 2.72. The summed E-state index contributed by atoms with van der Waals surface area (Å²) in [5, 5.41) is 11.4. The number of amides is 2. The van der Waals surface area contributed by atoms with Crippen molar-refractivity contribution in [3.05, 3.63) is 77.6 Å². The number of H-pyrrole nitrogens is 1. The normalized spacial score (nSPS) is 14.4. The largest absolute Gasteiger partial charge is 0.497 e. The van der Waals surface area contributed by atoms with E-state index in [0.29, 0.717) is 31.2 Å². The fourth-order valence-electron chi connectivity index (χ4n) is 5.43. The maximum atomic E-state index is 14.0. The standard InChI is InChI=1S/C31H34ClN5O4/c1-20(2)37(31(39)40)19-27(21-7-9-23(32)10-8-21)30(38)36-15-13-35(14-16-36)28-25-11-12-33-29(25)34-18-26(28)22-5-4-6-24(17-22)41-3/h4-12,17-18,20,27H,13-16,19H2,1-3H3,(H,33,34)(H,39,40). The molecule has 41 heavy (non-hydrogen) atoms. The first-order valence-corrected chi connectivity index (χ1v) is 14.0. The smallest absolute Gasteiger partial charge is 0.407 e. The number of piperazine rings is 1. The molecule has 2 amide bonds. The number of aromatic nitrogens is 2. The molecule has 2 aromatic carbocycles. The highest BCUT2D eigenvalue weighted by atomic mass is 35.5. The Morgan fingerprint density at radius 1 is 1.10 bits per heavy atom. The molecule has 4 aromatic rings. The van der Waals surface area contributed by atoms with Crippen LogP contribution in [0.4, 0.5) is 10.5 Å². The molecule has 2 aromatic heterocycles. The number of pyridine rings is 1. The molecular weight excluding hydrogens is 542 g/mol. The third-order valence-corrected chi connectivity index (χ3v) is 7.92. The Morgan fingerprint density at radius 2 is 1.83 bits per heavy atom. The van der Waals surface area contributed by atoms with Crippen LogP contribution in [0.5, 0.6) is 5.75 Å². The van der Waals surface area contributed by atoms with E-state index in [1.54, 1.807) is 19.2 Å².